The van der Waals surface area contributed by atoms with Crippen LogP contribution in [-0.4, -0.2) is 17.0 Å². The van der Waals surface area contributed by atoms with Gasteiger partial charge < -0.3 is 10.4 Å². The minimum atomic E-state index is -0.693. The Morgan fingerprint density at radius 3 is 2.20 bits per heavy atom. The van der Waals surface area contributed by atoms with Crippen molar-refractivity contribution in [2.45, 2.75) is 46.6 Å². The van der Waals surface area contributed by atoms with E-state index in [4.69, 9.17) is 5.11 Å². The van der Waals surface area contributed by atoms with Crippen molar-refractivity contribution < 1.29 is 14.7 Å². The fourth-order valence-corrected chi connectivity index (χ4v) is 1.32. The van der Waals surface area contributed by atoms with E-state index in [1.54, 1.807) is 0 Å². The third kappa shape index (κ3) is 10.1. The predicted molar refractivity (Wildman–Crippen MR) is 80.3 cm³/mol. The van der Waals surface area contributed by atoms with Crippen LogP contribution in [0, 0.1) is 5.92 Å². The van der Waals surface area contributed by atoms with Crippen LogP contribution in [0.25, 0.3) is 0 Å². The number of benzene rings is 1. The monoisotopic (exact) mass is 279 g/mol. The Morgan fingerprint density at radius 2 is 1.80 bits per heavy atom. The molecule has 0 radical (unpaired) electrons. The molecule has 1 aromatic carbocycles. The van der Waals surface area contributed by atoms with Gasteiger partial charge in [0.25, 0.3) is 0 Å². The van der Waals surface area contributed by atoms with Gasteiger partial charge in [0.05, 0.1) is 0 Å². The van der Waals surface area contributed by atoms with Gasteiger partial charge in [-0.25, -0.2) is 0 Å². The highest BCUT2D eigenvalue weighted by Gasteiger charge is 2.04. The fourth-order valence-electron chi connectivity index (χ4n) is 1.32. The Labute approximate surface area is 121 Å². The Balaban J connectivity index is 0.000000441. The Hall–Kier alpha value is -1.84. The molecule has 0 atom stereocenters. The van der Waals surface area contributed by atoms with Gasteiger partial charge in [-0.2, -0.15) is 0 Å². The molecule has 2 N–H and O–H groups in total. The summed E-state index contributed by atoms with van der Waals surface area (Å²) in [5.74, 6) is -0.533. The lowest BCUT2D eigenvalue weighted by Crippen LogP contribution is -2.26. The Bertz CT molecular complexity index is 388. The summed E-state index contributed by atoms with van der Waals surface area (Å²) in [5.41, 5.74) is 1.14. The molecule has 0 aliphatic heterocycles. The van der Waals surface area contributed by atoms with Crippen molar-refractivity contribution in [3.05, 3.63) is 35.9 Å². The maximum absolute atomic E-state index is 11.2. The number of nitrogens with one attached hydrogen (secondary N) is 1. The first-order valence-corrected chi connectivity index (χ1v) is 7.00. The molecule has 4 nitrogen and oxygen atoms in total. The Kier molecular flexibility index (Phi) is 10.0. The van der Waals surface area contributed by atoms with Crippen LogP contribution >= 0.6 is 0 Å². The number of unbranched alkanes of at least 4 members (excludes halogenated alkanes) is 1. The number of carboxylic acids is 1. The molecule has 0 unspecified atom stereocenters. The van der Waals surface area contributed by atoms with E-state index in [9.17, 15) is 9.59 Å². The van der Waals surface area contributed by atoms with Crippen LogP contribution < -0.4 is 5.32 Å². The van der Waals surface area contributed by atoms with Crippen molar-refractivity contribution in [3.63, 3.8) is 0 Å². The number of aliphatic carboxylic acids is 1. The SMILES string of the molecule is CC(C)C(=O)NCc1ccccc1.CCCCC(=O)O. The van der Waals surface area contributed by atoms with E-state index in [0.717, 1.165) is 18.4 Å². The fraction of sp³-hybridized carbons (Fsp3) is 0.500. The van der Waals surface area contributed by atoms with Gasteiger partial charge >= 0.3 is 5.97 Å². The first kappa shape index (κ1) is 18.2. The molecule has 1 rings (SSSR count). The van der Waals surface area contributed by atoms with E-state index in [0.29, 0.717) is 13.0 Å². The summed E-state index contributed by atoms with van der Waals surface area (Å²) < 4.78 is 0. The molecule has 4 heteroatoms. The molecular formula is C16H25NO3. The van der Waals surface area contributed by atoms with E-state index in [2.05, 4.69) is 5.32 Å². The lowest BCUT2D eigenvalue weighted by Gasteiger charge is -2.06. The van der Waals surface area contributed by atoms with Crippen molar-refractivity contribution in [2.75, 3.05) is 0 Å². The third-order valence-electron chi connectivity index (χ3n) is 2.58. The molecule has 20 heavy (non-hydrogen) atoms. The number of carbonyl (C=O) groups is 2. The second-order valence-corrected chi connectivity index (χ2v) is 4.86. The molecule has 1 amide bonds. The van der Waals surface area contributed by atoms with Crippen molar-refractivity contribution in [2.24, 2.45) is 5.92 Å². The molecule has 0 aromatic heterocycles. The van der Waals surface area contributed by atoms with Gasteiger partial charge in [0, 0.05) is 18.9 Å². The number of carboxylic acid groups (broad SMARTS) is 1. The average molecular weight is 279 g/mol. The molecule has 0 aliphatic rings. The normalized spacial score (nSPS) is 9.60. The van der Waals surface area contributed by atoms with E-state index < -0.39 is 5.97 Å². The van der Waals surface area contributed by atoms with Crippen LogP contribution in [0.4, 0.5) is 0 Å². The summed E-state index contributed by atoms with van der Waals surface area (Å²) in [6, 6.07) is 9.91. The van der Waals surface area contributed by atoms with E-state index >= 15 is 0 Å². The molecule has 0 saturated heterocycles. The molecule has 0 spiro atoms. The van der Waals surface area contributed by atoms with E-state index in [1.165, 1.54) is 0 Å². The van der Waals surface area contributed by atoms with Gasteiger partial charge in [-0.1, -0.05) is 57.5 Å². The molecule has 112 valence electrons. The van der Waals surface area contributed by atoms with Gasteiger partial charge in [0.1, 0.15) is 0 Å². The predicted octanol–water partition coefficient (Wildman–Crippen LogP) is 3.22. The molecule has 1 aromatic rings. The molecule has 0 heterocycles. The Morgan fingerprint density at radius 1 is 1.20 bits per heavy atom. The van der Waals surface area contributed by atoms with Crippen LogP contribution in [0.15, 0.2) is 30.3 Å². The van der Waals surface area contributed by atoms with E-state index in [-0.39, 0.29) is 11.8 Å². The highest BCUT2D eigenvalue weighted by molar-refractivity contribution is 5.77. The van der Waals surface area contributed by atoms with Crippen LogP contribution in [0.5, 0.6) is 0 Å². The summed E-state index contributed by atoms with van der Waals surface area (Å²) in [6.07, 6.45) is 2.08. The minimum Gasteiger partial charge on any atom is -0.481 e. The van der Waals surface area contributed by atoms with Crippen molar-refractivity contribution in [3.8, 4) is 0 Å². The highest BCUT2D eigenvalue weighted by Crippen LogP contribution is 1.98. The summed E-state index contributed by atoms with van der Waals surface area (Å²) in [4.78, 5) is 21.0. The summed E-state index contributed by atoms with van der Waals surface area (Å²) in [5, 5.41) is 10.9. The lowest BCUT2D eigenvalue weighted by atomic mass is 10.2. The summed E-state index contributed by atoms with van der Waals surface area (Å²) in [7, 11) is 0. The first-order chi connectivity index (χ1) is 9.47. The molecule has 0 fully saturated rings. The zero-order chi connectivity index (χ0) is 15.4. The van der Waals surface area contributed by atoms with Gasteiger partial charge in [-0.3, -0.25) is 9.59 Å². The van der Waals surface area contributed by atoms with Gasteiger partial charge in [-0.15, -0.1) is 0 Å². The zero-order valence-electron chi connectivity index (χ0n) is 12.6. The number of hydrogen-bond acceptors (Lipinski definition) is 2. The highest BCUT2D eigenvalue weighted by atomic mass is 16.4. The molecule has 0 aliphatic carbocycles. The van der Waals surface area contributed by atoms with Crippen LogP contribution in [0.1, 0.15) is 45.6 Å². The maximum atomic E-state index is 11.2. The standard InChI is InChI=1S/C11H15NO.C5H10O2/c1-9(2)11(13)12-8-10-6-4-3-5-7-10;1-2-3-4-5(6)7/h3-7,9H,8H2,1-2H3,(H,12,13);2-4H2,1H3,(H,6,7). The summed E-state index contributed by atoms with van der Waals surface area (Å²) in [6.45, 7) is 6.38. The second kappa shape index (κ2) is 11.0. The number of rotatable bonds is 6. The quantitative estimate of drug-likeness (QED) is 0.840. The smallest absolute Gasteiger partial charge is 0.303 e. The maximum Gasteiger partial charge on any atom is 0.303 e. The third-order valence-corrected chi connectivity index (χ3v) is 2.58. The van der Waals surface area contributed by atoms with Crippen molar-refractivity contribution in [1.29, 1.82) is 0 Å². The summed E-state index contributed by atoms with van der Waals surface area (Å²) >= 11 is 0. The van der Waals surface area contributed by atoms with Gasteiger partial charge in [0.15, 0.2) is 0 Å². The van der Waals surface area contributed by atoms with Crippen molar-refractivity contribution in [1.82, 2.24) is 5.32 Å². The zero-order valence-corrected chi connectivity index (χ0v) is 12.6. The average Bonchev–Trinajstić information content (AvgIpc) is 2.44. The second-order valence-electron chi connectivity index (χ2n) is 4.86. The minimum absolute atomic E-state index is 0.0590. The number of amides is 1. The number of hydrogen-bond donors (Lipinski definition) is 2. The van der Waals surface area contributed by atoms with Crippen LogP contribution in [0.3, 0.4) is 0 Å². The number of carbonyl (C=O) groups excluding carboxylic acids is 1. The molecule has 0 bridgehead atoms. The van der Waals surface area contributed by atoms with Crippen molar-refractivity contribution >= 4 is 11.9 Å². The first-order valence-electron chi connectivity index (χ1n) is 7.00. The van der Waals surface area contributed by atoms with Crippen LogP contribution in [0.2, 0.25) is 0 Å². The topological polar surface area (TPSA) is 66.4 Å². The van der Waals surface area contributed by atoms with Gasteiger partial charge in [0.2, 0.25) is 5.91 Å². The molecule has 0 saturated carbocycles. The van der Waals surface area contributed by atoms with E-state index in [1.807, 2.05) is 51.1 Å². The largest absolute Gasteiger partial charge is 0.481 e. The molecular weight excluding hydrogens is 254 g/mol. The van der Waals surface area contributed by atoms with Gasteiger partial charge in [-0.05, 0) is 12.0 Å². The van der Waals surface area contributed by atoms with Crippen LogP contribution in [-0.2, 0) is 16.1 Å². The lowest BCUT2D eigenvalue weighted by molar-refractivity contribution is -0.137.